The molecule has 0 unspecified atom stereocenters. The van der Waals surface area contributed by atoms with Crippen LogP contribution in [0.25, 0.3) is 0 Å². The van der Waals surface area contributed by atoms with Gasteiger partial charge in [-0.1, -0.05) is 6.08 Å². The smallest absolute Gasteiger partial charge is 0.296 e. The summed E-state index contributed by atoms with van der Waals surface area (Å²) < 4.78 is 54.1. The van der Waals surface area contributed by atoms with Crippen LogP contribution < -0.4 is 10.0 Å². The number of hydrogen-bond acceptors (Lipinski definition) is 8. The number of nitrogens with zero attached hydrogens (tertiary/aromatic N) is 1. The van der Waals surface area contributed by atoms with Crippen molar-refractivity contribution in [1.82, 2.24) is 4.72 Å². The highest BCUT2D eigenvalue weighted by molar-refractivity contribution is 7.89. The maximum absolute atomic E-state index is 12.1. The van der Waals surface area contributed by atoms with Gasteiger partial charge in [0.2, 0.25) is 10.0 Å². The third-order valence-electron chi connectivity index (χ3n) is 3.54. The molecule has 0 fully saturated rings. The summed E-state index contributed by atoms with van der Waals surface area (Å²) in [5.41, 5.74) is -0.0661. The maximum atomic E-state index is 12.1. The van der Waals surface area contributed by atoms with Gasteiger partial charge in [0.1, 0.15) is 5.69 Å². The molecule has 2 rings (SSSR count). The second kappa shape index (κ2) is 8.48. The molecular formula is C16H17N3O7S2. The van der Waals surface area contributed by atoms with E-state index in [1.165, 1.54) is 42.5 Å². The molecule has 0 radical (unpaired) electrons. The predicted octanol–water partition coefficient (Wildman–Crippen LogP) is 2.14. The number of benzene rings is 2. The van der Waals surface area contributed by atoms with E-state index >= 15 is 0 Å². The number of anilines is 2. The first-order chi connectivity index (χ1) is 13.1. The highest BCUT2D eigenvalue weighted by Gasteiger charge is 2.21. The van der Waals surface area contributed by atoms with Gasteiger partial charge in [-0.3, -0.25) is 14.3 Å². The lowest BCUT2D eigenvalue weighted by Gasteiger charge is -2.10. The highest BCUT2D eigenvalue weighted by Crippen LogP contribution is 2.30. The second-order valence-electron chi connectivity index (χ2n) is 5.35. The molecule has 0 spiro atoms. The molecule has 0 aliphatic carbocycles. The molecule has 10 nitrogen and oxygen atoms in total. The van der Waals surface area contributed by atoms with E-state index in [-0.39, 0.29) is 22.0 Å². The Morgan fingerprint density at radius 2 is 1.71 bits per heavy atom. The van der Waals surface area contributed by atoms with Crippen LogP contribution in [0, 0.1) is 10.1 Å². The molecule has 0 aromatic heterocycles. The zero-order chi connectivity index (χ0) is 20.9. The van der Waals surface area contributed by atoms with Gasteiger partial charge in [0.15, 0.2) is 0 Å². The third-order valence-corrected chi connectivity index (χ3v) is 6.24. The fourth-order valence-electron chi connectivity index (χ4n) is 2.14. The number of rotatable bonds is 9. The number of nitro benzene ring substituents is 1. The molecule has 0 aliphatic heterocycles. The highest BCUT2D eigenvalue weighted by atomic mass is 32.2. The molecule has 2 N–H and O–H groups in total. The van der Waals surface area contributed by atoms with Gasteiger partial charge in [0.05, 0.1) is 21.8 Å². The van der Waals surface area contributed by atoms with Crippen molar-refractivity contribution in [3.63, 3.8) is 0 Å². The van der Waals surface area contributed by atoms with Crippen molar-refractivity contribution in [3.8, 4) is 0 Å². The van der Waals surface area contributed by atoms with Crippen molar-refractivity contribution in [2.45, 2.75) is 9.79 Å². The predicted molar refractivity (Wildman–Crippen MR) is 102 cm³/mol. The standard InChI is InChI=1S/C16H17N3O7S2/c1-3-10-17-27(22,23)14-8-9-15(16(11-14)19(20)21)18-12-4-6-13(7-5-12)28(24,25)26-2/h3-9,11,17-18H,1,10H2,2H3. The van der Waals surface area contributed by atoms with E-state index in [0.29, 0.717) is 5.69 Å². The van der Waals surface area contributed by atoms with Crippen LogP contribution in [0.15, 0.2) is 64.9 Å². The summed E-state index contributed by atoms with van der Waals surface area (Å²) in [5, 5.41) is 14.1. The molecule has 0 saturated heterocycles. The first-order valence-electron chi connectivity index (χ1n) is 7.67. The fraction of sp³-hybridized carbons (Fsp3) is 0.125. The zero-order valence-corrected chi connectivity index (χ0v) is 16.3. The van der Waals surface area contributed by atoms with Crippen molar-refractivity contribution >= 4 is 37.2 Å². The fourth-order valence-corrected chi connectivity index (χ4v) is 3.82. The molecule has 0 saturated carbocycles. The Morgan fingerprint density at radius 1 is 1.11 bits per heavy atom. The number of nitro groups is 1. The largest absolute Gasteiger partial charge is 0.350 e. The Kier molecular flexibility index (Phi) is 6.51. The maximum Gasteiger partial charge on any atom is 0.296 e. The summed E-state index contributed by atoms with van der Waals surface area (Å²) in [6, 6.07) is 8.72. The van der Waals surface area contributed by atoms with Gasteiger partial charge in [-0.25, -0.2) is 13.1 Å². The van der Waals surface area contributed by atoms with Gasteiger partial charge in [0, 0.05) is 18.3 Å². The minimum Gasteiger partial charge on any atom is -0.350 e. The molecule has 0 bridgehead atoms. The first-order valence-corrected chi connectivity index (χ1v) is 10.6. The van der Waals surface area contributed by atoms with Gasteiger partial charge in [-0.15, -0.1) is 6.58 Å². The van der Waals surface area contributed by atoms with E-state index in [2.05, 4.69) is 20.8 Å². The van der Waals surface area contributed by atoms with Crippen LogP contribution in [-0.4, -0.2) is 35.4 Å². The van der Waals surface area contributed by atoms with E-state index in [1.54, 1.807) is 0 Å². The van der Waals surface area contributed by atoms with E-state index in [9.17, 15) is 26.9 Å². The van der Waals surface area contributed by atoms with Gasteiger partial charge in [-0.2, -0.15) is 8.42 Å². The Hall–Kier alpha value is -2.80. The van der Waals surface area contributed by atoms with Crippen LogP contribution in [0.2, 0.25) is 0 Å². The summed E-state index contributed by atoms with van der Waals surface area (Å²) >= 11 is 0. The molecule has 0 amide bonds. The van der Waals surface area contributed by atoms with Gasteiger partial charge < -0.3 is 5.32 Å². The van der Waals surface area contributed by atoms with Crippen LogP contribution >= 0.6 is 0 Å². The molecular weight excluding hydrogens is 410 g/mol. The van der Waals surface area contributed by atoms with Crippen molar-refractivity contribution < 1.29 is 25.9 Å². The van der Waals surface area contributed by atoms with Crippen LogP contribution in [0.5, 0.6) is 0 Å². The zero-order valence-electron chi connectivity index (χ0n) is 14.7. The molecule has 12 heteroatoms. The van der Waals surface area contributed by atoms with Crippen molar-refractivity contribution in [3.05, 3.63) is 65.2 Å². The number of sulfonamides is 1. The van der Waals surface area contributed by atoms with Gasteiger partial charge in [0.25, 0.3) is 15.8 Å². The lowest BCUT2D eigenvalue weighted by atomic mass is 10.2. The number of hydrogen-bond donors (Lipinski definition) is 2. The average Bonchev–Trinajstić information content (AvgIpc) is 2.67. The minimum absolute atomic E-state index is 0.0210. The van der Waals surface area contributed by atoms with Crippen molar-refractivity contribution in [2.24, 2.45) is 0 Å². The van der Waals surface area contributed by atoms with Crippen LogP contribution in [0.1, 0.15) is 0 Å². The summed E-state index contributed by atoms with van der Waals surface area (Å²) in [5.74, 6) is 0. The number of nitrogens with one attached hydrogen (secondary N) is 2. The molecule has 2 aromatic carbocycles. The summed E-state index contributed by atoms with van der Waals surface area (Å²) in [6.07, 6.45) is 1.34. The molecule has 0 aliphatic rings. The van der Waals surface area contributed by atoms with Crippen LogP contribution in [-0.2, 0) is 24.3 Å². The van der Waals surface area contributed by atoms with Crippen molar-refractivity contribution in [1.29, 1.82) is 0 Å². The van der Waals surface area contributed by atoms with E-state index in [4.69, 9.17) is 0 Å². The van der Waals surface area contributed by atoms with E-state index in [1.807, 2.05) is 0 Å². The molecule has 28 heavy (non-hydrogen) atoms. The van der Waals surface area contributed by atoms with Crippen LogP contribution in [0.4, 0.5) is 17.1 Å². The Labute approximate surface area is 162 Å². The lowest BCUT2D eigenvalue weighted by Crippen LogP contribution is -2.23. The van der Waals surface area contributed by atoms with E-state index in [0.717, 1.165) is 13.2 Å². The normalized spacial score (nSPS) is 11.8. The first kappa shape index (κ1) is 21.5. The second-order valence-corrected chi connectivity index (χ2v) is 8.83. The van der Waals surface area contributed by atoms with Gasteiger partial charge in [-0.05, 0) is 36.4 Å². The Balaban J connectivity index is 2.36. The molecule has 2 aromatic rings. The SMILES string of the molecule is C=CCNS(=O)(=O)c1ccc(Nc2ccc(S(=O)(=O)OC)cc2)c([N+](=O)[O-])c1. The minimum atomic E-state index is -3.93. The van der Waals surface area contributed by atoms with Gasteiger partial charge >= 0.3 is 0 Å². The Bertz CT molecular complexity index is 1100. The summed E-state index contributed by atoms with van der Waals surface area (Å²) in [4.78, 5) is 10.3. The molecule has 150 valence electrons. The van der Waals surface area contributed by atoms with Crippen molar-refractivity contribution in [2.75, 3.05) is 19.0 Å². The molecule has 0 heterocycles. The third kappa shape index (κ3) is 4.92. The van der Waals surface area contributed by atoms with E-state index < -0.39 is 30.8 Å². The molecule has 0 atom stereocenters. The van der Waals surface area contributed by atoms with Crippen LogP contribution in [0.3, 0.4) is 0 Å². The summed E-state index contributed by atoms with van der Waals surface area (Å²) in [6.45, 7) is 3.38. The quantitative estimate of drug-likeness (QED) is 0.268. The lowest BCUT2D eigenvalue weighted by molar-refractivity contribution is -0.384. The summed E-state index contributed by atoms with van der Waals surface area (Å²) in [7, 11) is -6.75. The Morgan fingerprint density at radius 3 is 2.25 bits per heavy atom. The monoisotopic (exact) mass is 427 g/mol. The average molecular weight is 427 g/mol. The topological polar surface area (TPSA) is 145 Å².